The first-order valence-corrected chi connectivity index (χ1v) is 21.5. The standard InChI is InChI=1S/C45H86N/c1-4-7-9-11-13-15-17-19-21-23-25-27-29-31-33-35-40-44-46(6-3,45-41-37-36-38-42-45)43-39-34-32-30-28-26-24-22-20-18-16-14-12-10-8-5-2/h36-38,41-42H,4-35,39-40,43-44H2,1-3H3/q+1/i3D. The summed E-state index contributed by atoms with van der Waals surface area (Å²) in [4.78, 5) is 0. The number of hydrogen-bond donors (Lipinski definition) is 0. The maximum Gasteiger partial charge on any atom is 0.132 e. The lowest BCUT2D eigenvalue weighted by Crippen LogP contribution is -2.50. The van der Waals surface area contributed by atoms with Crippen molar-refractivity contribution in [2.45, 2.75) is 233 Å². The van der Waals surface area contributed by atoms with E-state index in [1.165, 1.54) is 231 Å². The van der Waals surface area contributed by atoms with E-state index in [0.29, 0.717) is 6.90 Å². The summed E-state index contributed by atoms with van der Waals surface area (Å²) in [5.41, 5.74) is 1.46. The molecule has 0 aliphatic heterocycles. The molecule has 1 unspecified atom stereocenters. The maximum atomic E-state index is 8.19. The summed E-state index contributed by atoms with van der Waals surface area (Å²) < 4.78 is 9.24. The van der Waals surface area contributed by atoms with Gasteiger partial charge in [0.25, 0.3) is 0 Å². The van der Waals surface area contributed by atoms with E-state index in [9.17, 15) is 0 Å². The van der Waals surface area contributed by atoms with Crippen molar-refractivity contribution >= 4 is 5.69 Å². The monoisotopic (exact) mass is 642 g/mol. The quantitative estimate of drug-likeness (QED) is 0.0501. The SMILES string of the molecule is [2H]CC[N+](CCCCCCCCCCCCCCCCCC)(CCCCCCCCCCCCCCCCCCC)c1ccccc1. The molecule has 1 atom stereocenters. The molecule has 0 fully saturated rings. The lowest BCUT2D eigenvalue weighted by molar-refractivity contribution is 0.271. The maximum absolute atomic E-state index is 8.19. The fourth-order valence-corrected chi connectivity index (χ4v) is 7.57. The van der Waals surface area contributed by atoms with E-state index < -0.39 is 0 Å². The van der Waals surface area contributed by atoms with Crippen molar-refractivity contribution in [2.24, 2.45) is 0 Å². The topological polar surface area (TPSA) is 0 Å². The molecule has 1 heteroatoms. The van der Waals surface area contributed by atoms with Crippen LogP contribution in [-0.4, -0.2) is 19.6 Å². The van der Waals surface area contributed by atoms with E-state index in [0.717, 1.165) is 11.0 Å². The lowest BCUT2D eigenvalue weighted by atomic mass is 10.0. The van der Waals surface area contributed by atoms with Crippen molar-refractivity contribution in [1.29, 1.82) is 0 Å². The van der Waals surface area contributed by atoms with Crippen molar-refractivity contribution in [1.82, 2.24) is 4.48 Å². The van der Waals surface area contributed by atoms with Gasteiger partial charge in [-0.15, -0.1) is 0 Å². The Morgan fingerprint density at radius 3 is 0.891 bits per heavy atom. The summed E-state index contributed by atoms with van der Waals surface area (Å²) in [6, 6.07) is 11.3. The molecule has 0 aromatic heterocycles. The van der Waals surface area contributed by atoms with Crippen molar-refractivity contribution in [3.8, 4) is 0 Å². The fraction of sp³-hybridized carbons (Fsp3) is 0.867. The Labute approximate surface area is 293 Å². The van der Waals surface area contributed by atoms with Crippen LogP contribution >= 0.6 is 0 Å². The van der Waals surface area contributed by atoms with E-state index in [-0.39, 0.29) is 0 Å². The highest BCUT2D eigenvalue weighted by Gasteiger charge is 2.27. The molecule has 1 aromatic carbocycles. The molecule has 0 aliphatic carbocycles. The minimum atomic E-state index is 0.534. The Morgan fingerprint density at radius 2 is 0.630 bits per heavy atom. The number of hydrogen-bond acceptors (Lipinski definition) is 0. The van der Waals surface area contributed by atoms with Gasteiger partial charge in [-0.1, -0.05) is 218 Å². The van der Waals surface area contributed by atoms with Gasteiger partial charge in [-0.05, 0) is 44.7 Å². The summed E-state index contributed by atoms with van der Waals surface area (Å²) in [5.74, 6) is 0. The van der Waals surface area contributed by atoms with Gasteiger partial charge in [-0.25, -0.2) is 0 Å². The second kappa shape index (κ2) is 34.1. The highest BCUT2D eigenvalue weighted by Crippen LogP contribution is 2.26. The molecule has 0 heterocycles. The molecule has 0 saturated heterocycles. The molecule has 1 nitrogen and oxygen atoms in total. The number of benzene rings is 1. The minimum absolute atomic E-state index is 0.534. The van der Waals surface area contributed by atoms with Gasteiger partial charge in [0.05, 0.1) is 19.6 Å². The minimum Gasteiger partial charge on any atom is -0.291 e. The zero-order valence-electron chi connectivity index (χ0n) is 33.0. The third kappa shape index (κ3) is 25.2. The molecule has 46 heavy (non-hydrogen) atoms. The average molecular weight is 642 g/mol. The molecule has 1 aromatic rings. The van der Waals surface area contributed by atoms with Crippen molar-refractivity contribution in [3.63, 3.8) is 0 Å². The molecule has 0 amide bonds. The zero-order chi connectivity index (χ0) is 33.8. The third-order valence-corrected chi connectivity index (χ3v) is 10.9. The molecule has 0 aliphatic rings. The van der Waals surface area contributed by atoms with Crippen LogP contribution in [0, 0.1) is 0 Å². The largest absolute Gasteiger partial charge is 0.291 e. The predicted octanol–water partition coefficient (Wildman–Crippen LogP) is 15.9. The van der Waals surface area contributed by atoms with Crippen LogP contribution in [-0.2, 0) is 0 Å². The van der Waals surface area contributed by atoms with Gasteiger partial charge in [-0.2, -0.15) is 0 Å². The lowest BCUT2D eigenvalue weighted by Gasteiger charge is -2.37. The second-order valence-corrected chi connectivity index (χ2v) is 15.1. The van der Waals surface area contributed by atoms with E-state index in [4.69, 9.17) is 1.37 Å². The van der Waals surface area contributed by atoms with Crippen LogP contribution in [0.15, 0.2) is 30.3 Å². The Morgan fingerprint density at radius 1 is 0.370 bits per heavy atom. The van der Waals surface area contributed by atoms with E-state index in [1.807, 2.05) is 0 Å². The Bertz CT molecular complexity index is 720. The molecule has 0 N–H and O–H groups in total. The molecule has 0 radical (unpaired) electrons. The number of para-hydroxylation sites is 1. The zero-order valence-corrected chi connectivity index (χ0v) is 32.0. The first kappa shape index (κ1) is 41.4. The molecule has 270 valence electrons. The first-order chi connectivity index (χ1) is 23.3. The first-order valence-electron chi connectivity index (χ1n) is 22.2. The highest BCUT2D eigenvalue weighted by atomic mass is 15.3. The van der Waals surface area contributed by atoms with Crippen LogP contribution < -0.4 is 4.48 Å². The normalized spacial score (nSPS) is 13.2. The van der Waals surface area contributed by atoms with Crippen LogP contribution in [0.1, 0.15) is 234 Å². The van der Waals surface area contributed by atoms with Gasteiger partial charge in [0, 0.05) is 1.37 Å². The van der Waals surface area contributed by atoms with Crippen molar-refractivity contribution in [3.05, 3.63) is 30.3 Å². The molecular formula is C45H86N+. The van der Waals surface area contributed by atoms with Gasteiger partial charge >= 0.3 is 0 Å². The van der Waals surface area contributed by atoms with E-state index in [1.54, 1.807) is 0 Å². The molecule has 0 saturated carbocycles. The number of nitrogens with zero attached hydrogens (tertiary/aromatic N) is 1. The van der Waals surface area contributed by atoms with Crippen LogP contribution in [0.5, 0.6) is 0 Å². The second-order valence-electron chi connectivity index (χ2n) is 15.1. The predicted molar refractivity (Wildman–Crippen MR) is 212 cm³/mol. The van der Waals surface area contributed by atoms with E-state index in [2.05, 4.69) is 44.2 Å². The number of unbranched alkanes of at least 4 members (excludes halogenated alkanes) is 31. The van der Waals surface area contributed by atoms with Crippen LogP contribution in [0.3, 0.4) is 0 Å². The summed E-state index contributed by atoms with van der Waals surface area (Å²) in [6.07, 6.45) is 47.1. The Balaban J connectivity index is 2.14. The van der Waals surface area contributed by atoms with Gasteiger partial charge < -0.3 is 0 Å². The highest BCUT2D eigenvalue weighted by molar-refractivity contribution is 5.42. The van der Waals surface area contributed by atoms with Crippen molar-refractivity contribution < 1.29 is 1.37 Å². The molecular weight excluding hydrogens is 555 g/mol. The number of rotatable bonds is 37. The summed E-state index contributed by atoms with van der Waals surface area (Å²) >= 11 is 0. The Kier molecular flexibility index (Phi) is 30.6. The van der Waals surface area contributed by atoms with Gasteiger partial charge in [0.2, 0.25) is 0 Å². The summed E-state index contributed by atoms with van der Waals surface area (Å²) in [7, 11) is 0. The van der Waals surface area contributed by atoms with Crippen LogP contribution in [0.2, 0.25) is 0 Å². The molecule has 0 bridgehead atoms. The smallest absolute Gasteiger partial charge is 0.132 e. The average Bonchev–Trinajstić information content (AvgIpc) is 3.09. The van der Waals surface area contributed by atoms with Gasteiger partial charge in [-0.3, -0.25) is 4.48 Å². The Hall–Kier alpha value is -0.820. The van der Waals surface area contributed by atoms with Crippen molar-refractivity contribution in [2.75, 3.05) is 19.6 Å². The van der Waals surface area contributed by atoms with Gasteiger partial charge in [0.15, 0.2) is 0 Å². The molecule has 0 spiro atoms. The molecule has 1 rings (SSSR count). The fourth-order valence-electron chi connectivity index (χ4n) is 7.57. The number of quaternary nitrogens is 1. The summed E-state index contributed by atoms with van der Waals surface area (Å²) in [5, 5.41) is 0. The van der Waals surface area contributed by atoms with E-state index >= 15 is 0 Å². The summed E-state index contributed by atoms with van der Waals surface area (Å²) in [6.45, 7) is 8.57. The van der Waals surface area contributed by atoms with Gasteiger partial charge in [0.1, 0.15) is 5.69 Å². The van der Waals surface area contributed by atoms with Crippen LogP contribution in [0.4, 0.5) is 5.69 Å². The van der Waals surface area contributed by atoms with Crippen LogP contribution in [0.25, 0.3) is 0 Å². The third-order valence-electron chi connectivity index (χ3n) is 10.9.